The van der Waals surface area contributed by atoms with Gasteiger partial charge in [0, 0.05) is 49.0 Å². The molecule has 4 heterocycles. The number of ether oxygens (including phenoxy) is 1. The minimum Gasteiger partial charge on any atom is -0.378 e. The Hall–Kier alpha value is -3.84. The Labute approximate surface area is 185 Å². The number of hydrogen-bond acceptors (Lipinski definition) is 5. The molecule has 1 fully saturated rings. The van der Waals surface area contributed by atoms with E-state index in [1.54, 1.807) is 0 Å². The summed E-state index contributed by atoms with van der Waals surface area (Å²) < 4.78 is 7.52. The molecule has 2 aliphatic rings. The van der Waals surface area contributed by atoms with Gasteiger partial charge in [-0.05, 0) is 59.7 Å². The maximum Gasteiger partial charge on any atom is 0.251 e. The van der Waals surface area contributed by atoms with E-state index in [4.69, 9.17) is 4.74 Å². The van der Waals surface area contributed by atoms with Crippen molar-refractivity contribution in [1.29, 1.82) is 0 Å². The first-order valence-corrected chi connectivity index (χ1v) is 10.8. The van der Waals surface area contributed by atoms with Crippen LogP contribution in [0.1, 0.15) is 15.9 Å². The third-order valence-corrected chi connectivity index (χ3v) is 6.16. The smallest absolute Gasteiger partial charge is 0.251 e. The molecule has 0 unspecified atom stereocenters. The van der Waals surface area contributed by atoms with Gasteiger partial charge in [0.1, 0.15) is 0 Å². The van der Waals surface area contributed by atoms with Crippen molar-refractivity contribution in [2.45, 2.75) is 6.54 Å². The minimum absolute atomic E-state index is 0.00138. The van der Waals surface area contributed by atoms with Crippen molar-refractivity contribution < 1.29 is 9.53 Å². The van der Waals surface area contributed by atoms with Gasteiger partial charge >= 0.3 is 0 Å². The van der Waals surface area contributed by atoms with Crippen LogP contribution in [0.2, 0.25) is 0 Å². The van der Waals surface area contributed by atoms with E-state index in [0.717, 1.165) is 65.7 Å². The number of carbonyl (C=O) groups excluding carboxylic acids is 1. The van der Waals surface area contributed by atoms with Gasteiger partial charge in [-0.1, -0.05) is 6.07 Å². The van der Waals surface area contributed by atoms with Crippen LogP contribution in [-0.2, 0) is 11.3 Å². The van der Waals surface area contributed by atoms with Crippen LogP contribution in [0.25, 0.3) is 16.9 Å². The molecule has 0 radical (unpaired) electrons. The van der Waals surface area contributed by atoms with Crippen LogP contribution in [0.15, 0.2) is 67.0 Å². The Balaban J connectivity index is 1.29. The lowest BCUT2D eigenvalue weighted by Crippen LogP contribution is -2.36. The molecule has 7 heteroatoms. The van der Waals surface area contributed by atoms with Gasteiger partial charge in [-0.2, -0.15) is 0 Å². The summed E-state index contributed by atoms with van der Waals surface area (Å²) in [6.07, 6.45) is 3.78. The fraction of sp³-hybridized carbons (Fsp3) is 0.200. The van der Waals surface area contributed by atoms with Crippen molar-refractivity contribution in [3.63, 3.8) is 0 Å². The maximum absolute atomic E-state index is 11.9. The molecule has 1 saturated heterocycles. The van der Waals surface area contributed by atoms with E-state index in [1.807, 2.05) is 24.5 Å². The van der Waals surface area contributed by atoms with Crippen molar-refractivity contribution >= 4 is 28.6 Å². The number of pyridine rings is 1. The molecule has 7 nitrogen and oxygen atoms in total. The lowest BCUT2D eigenvalue weighted by molar-refractivity contribution is 0.0965. The van der Waals surface area contributed by atoms with Gasteiger partial charge in [0.15, 0.2) is 5.65 Å². The van der Waals surface area contributed by atoms with Gasteiger partial charge < -0.3 is 20.3 Å². The van der Waals surface area contributed by atoms with Crippen molar-refractivity contribution in [3.05, 3.63) is 78.1 Å². The molecule has 2 aromatic carbocycles. The maximum atomic E-state index is 11.9. The highest BCUT2D eigenvalue weighted by Crippen LogP contribution is 2.30. The quantitative estimate of drug-likeness (QED) is 0.520. The molecule has 4 aromatic rings. The number of anilines is 3. The van der Waals surface area contributed by atoms with E-state index in [0.29, 0.717) is 6.54 Å². The predicted octanol–water partition coefficient (Wildman–Crippen LogP) is 3.82. The topological polar surface area (TPSA) is 70.9 Å². The van der Waals surface area contributed by atoms with Crippen molar-refractivity contribution in [2.75, 3.05) is 36.5 Å². The molecule has 0 saturated carbocycles. The monoisotopic (exact) mass is 425 g/mol. The summed E-state index contributed by atoms with van der Waals surface area (Å²) in [5.41, 5.74) is 7.91. The summed E-state index contributed by atoms with van der Waals surface area (Å²) >= 11 is 0. The number of morpholine rings is 1. The van der Waals surface area contributed by atoms with Crippen molar-refractivity contribution in [2.24, 2.45) is 0 Å². The van der Waals surface area contributed by atoms with E-state index in [9.17, 15) is 4.79 Å². The summed E-state index contributed by atoms with van der Waals surface area (Å²) in [6, 6.07) is 18.6. The molecule has 160 valence electrons. The Morgan fingerprint density at radius 1 is 1.00 bits per heavy atom. The molecule has 2 aromatic heterocycles. The van der Waals surface area contributed by atoms with Crippen LogP contribution >= 0.6 is 0 Å². The van der Waals surface area contributed by atoms with E-state index < -0.39 is 0 Å². The molecule has 0 bridgehead atoms. The van der Waals surface area contributed by atoms with Gasteiger partial charge in [-0.15, -0.1) is 0 Å². The fourth-order valence-corrected chi connectivity index (χ4v) is 4.47. The average molecular weight is 425 g/mol. The second-order valence-corrected chi connectivity index (χ2v) is 8.08. The summed E-state index contributed by atoms with van der Waals surface area (Å²) in [5, 5.41) is 6.39. The van der Waals surface area contributed by atoms with Crippen LogP contribution in [0.3, 0.4) is 0 Å². The Morgan fingerprint density at radius 2 is 1.84 bits per heavy atom. The zero-order chi connectivity index (χ0) is 21.5. The molecule has 2 aliphatic heterocycles. The molecule has 0 spiro atoms. The minimum atomic E-state index is -0.00138. The number of aromatic nitrogens is 2. The third kappa shape index (κ3) is 3.27. The third-order valence-electron chi connectivity index (χ3n) is 6.16. The molecule has 6 rings (SSSR count). The summed E-state index contributed by atoms with van der Waals surface area (Å²) in [4.78, 5) is 18.8. The number of amides is 1. The number of hydrogen-bond donors (Lipinski definition) is 2. The first-order chi connectivity index (χ1) is 15.8. The van der Waals surface area contributed by atoms with Crippen molar-refractivity contribution in [3.8, 4) is 11.3 Å². The normalized spacial score (nSPS) is 15.6. The summed E-state index contributed by atoms with van der Waals surface area (Å²) in [5.74, 6) is -0.00138. The highest BCUT2D eigenvalue weighted by Gasteiger charge is 2.19. The van der Waals surface area contributed by atoms with Crippen LogP contribution < -0.4 is 15.5 Å². The SMILES string of the molecule is O=C1NCc2cc(-c3ccc(Nc4ccc(N5CCOCC5)cc4)c4nccn34)ccc21. The Morgan fingerprint density at radius 3 is 2.69 bits per heavy atom. The van der Waals surface area contributed by atoms with Gasteiger partial charge in [0.25, 0.3) is 5.91 Å². The van der Waals surface area contributed by atoms with Gasteiger partial charge in [-0.25, -0.2) is 4.98 Å². The second-order valence-electron chi connectivity index (χ2n) is 8.08. The number of rotatable bonds is 4. The Bertz CT molecular complexity index is 1310. The van der Waals surface area contributed by atoms with E-state index >= 15 is 0 Å². The highest BCUT2D eigenvalue weighted by molar-refractivity contribution is 5.99. The van der Waals surface area contributed by atoms with Crippen LogP contribution in [0.4, 0.5) is 17.1 Å². The first kappa shape index (κ1) is 18.9. The number of nitrogens with one attached hydrogen (secondary N) is 2. The van der Waals surface area contributed by atoms with Crippen LogP contribution in [0, 0.1) is 0 Å². The van der Waals surface area contributed by atoms with Crippen LogP contribution in [0.5, 0.6) is 0 Å². The lowest BCUT2D eigenvalue weighted by Gasteiger charge is -2.29. The van der Waals surface area contributed by atoms with Crippen LogP contribution in [-0.4, -0.2) is 41.6 Å². The number of carbonyl (C=O) groups is 1. The van der Waals surface area contributed by atoms with Gasteiger partial charge in [0.05, 0.1) is 24.6 Å². The highest BCUT2D eigenvalue weighted by atomic mass is 16.5. The molecular formula is C25H23N5O2. The number of benzene rings is 2. The first-order valence-electron chi connectivity index (χ1n) is 10.8. The largest absolute Gasteiger partial charge is 0.378 e. The summed E-state index contributed by atoms with van der Waals surface area (Å²) in [6.45, 7) is 3.99. The molecule has 0 aliphatic carbocycles. The van der Waals surface area contributed by atoms with E-state index in [-0.39, 0.29) is 5.91 Å². The van der Waals surface area contributed by atoms with E-state index in [1.165, 1.54) is 5.69 Å². The van der Waals surface area contributed by atoms with Gasteiger partial charge in [-0.3, -0.25) is 9.20 Å². The fourth-order valence-electron chi connectivity index (χ4n) is 4.47. The molecule has 0 atom stereocenters. The lowest BCUT2D eigenvalue weighted by atomic mass is 10.0. The van der Waals surface area contributed by atoms with Gasteiger partial charge in [0.2, 0.25) is 0 Å². The van der Waals surface area contributed by atoms with E-state index in [2.05, 4.69) is 67.4 Å². The molecule has 1 amide bonds. The number of imidazole rings is 1. The molecular weight excluding hydrogens is 402 g/mol. The standard InChI is InChI=1S/C25H23N5O2/c31-25-21-6-1-17(15-18(21)16-27-25)23-8-7-22(24-26-9-10-30(23)24)28-19-2-4-20(5-3-19)29-11-13-32-14-12-29/h1-10,15,28H,11-14,16H2,(H,27,31). The summed E-state index contributed by atoms with van der Waals surface area (Å²) in [7, 11) is 0. The van der Waals surface area contributed by atoms with Crippen molar-refractivity contribution in [1.82, 2.24) is 14.7 Å². The number of fused-ring (bicyclic) bond motifs is 2. The number of nitrogens with zero attached hydrogens (tertiary/aromatic N) is 3. The zero-order valence-corrected chi connectivity index (χ0v) is 17.5. The predicted molar refractivity (Wildman–Crippen MR) is 125 cm³/mol. The second kappa shape index (κ2) is 7.69. The molecule has 32 heavy (non-hydrogen) atoms. The molecule has 2 N–H and O–H groups in total. The average Bonchev–Trinajstić information content (AvgIpc) is 3.48. The zero-order valence-electron chi connectivity index (χ0n) is 17.5. The Kier molecular flexibility index (Phi) is 4.54.